The van der Waals surface area contributed by atoms with Crippen LogP contribution in [0.2, 0.25) is 0 Å². The van der Waals surface area contributed by atoms with Crippen LogP contribution in [0.4, 0.5) is 5.82 Å². The van der Waals surface area contributed by atoms with Gasteiger partial charge in [0.05, 0.1) is 17.0 Å². The largest absolute Gasteiger partial charge is 0.349 e. The number of carbonyl (C=O) groups excluding carboxylic acids is 1. The molecule has 1 saturated heterocycles. The minimum atomic E-state index is 0.105. The van der Waals surface area contributed by atoms with Crippen molar-refractivity contribution in [3.05, 3.63) is 42.0 Å². The highest BCUT2D eigenvalue weighted by atomic mass is 16.2. The van der Waals surface area contributed by atoms with E-state index in [-0.39, 0.29) is 18.0 Å². The Kier molecular flexibility index (Phi) is 5.72. The molecule has 2 atom stereocenters. The first kappa shape index (κ1) is 22.3. The van der Waals surface area contributed by atoms with Gasteiger partial charge in [0.1, 0.15) is 18.0 Å². The van der Waals surface area contributed by atoms with Crippen LogP contribution in [0.5, 0.6) is 0 Å². The monoisotopic (exact) mass is 457 g/mol. The van der Waals surface area contributed by atoms with Crippen LogP contribution < -0.4 is 4.90 Å². The van der Waals surface area contributed by atoms with Gasteiger partial charge in [0.2, 0.25) is 5.91 Å². The number of nitriles is 1. The number of anilines is 1. The smallest absolute Gasteiger partial charge is 0.223 e. The Balaban J connectivity index is 1.55. The van der Waals surface area contributed by atoms with Gasteiger partial charge >= 0.3 is 0 Å². The van der Waals surface area contributed by atoms with E-state index in [0.29, 0.717) is 36.2 Å². The van der Waals surface area contributed by atoms with E-state index in [9.17, 15) is 10.1 Å². The second kappa shape index (κ2) is 8.71. The van der Waals surface area contributed by atoms with E-state index in [2.05, 4.69) is 54.8 Å². The first-order valence-electron chi connectivity index (χ1n) is 12.2. The fraction of sp³-hybridized carbons (Fsp3) is 0.500. The minimum absolute atomic E-state index is 0.105. The lowest BCUT2D eigenvalue weighted by molar-refractivity contribution is -0.134. The summed E-state index contributed by atoms with van der Waals surface area (Å²) in [5.41, 5.74) is 2.62. The standard InChI is InChI=1S/C26H31N7O/c1-16(2)9-23(34)31-12-18(4)32(13-17(31)3)25-24-21(20-5-6-20)14-33(26(24)30-15-29-25)22-10-19(11-27)7-8-28-22/h7-8,10,14-18,20H,5-6,9,12-13H2,1-4H3/t17-,18+/m1/s1. The molecule has 0 bridgehead atoms. The number of pyridine rings is 1. The zero-order valence-corrected chi connectivity index (χ0v) is 20.3. The molecule has 3 aromatic rings. The fourth-order valence-corrected chi connectivity index (χ4v) is 5.02. The molecule has 1 aliphatic heterocycles. The summed E-state index contributed by atoms with van der Waals surface area (Å²) < 4.78 is 1.99. The molecule has 3 aromatic heterocycles. The second-order valence-corrected chi connectivity index (χ2v) is 10.1. The van der Waals surface area contributed by atoms with Gasteiger partial charge in [-0.3, -0.25) is 9.36 Å². The third-order valence-corrected chi connectivity index (χ3v) is 6.89. The van der Waals surface area contributed by atoms with Crippen LogP contribution in [-0.2, 0) is 4.79 Å². The predicted molar refractivity (Wildman–Crippen MR) is 131 cm³/mol. The summed E-state index contributed by atoms with van der Waals surface area (Å²) in [6, 6.07) is 5.95. The number of hydrogen-bond acceptors (Lipinski definition) is 6. The number of nitrogens with zero attached hydrogens (tertiary/aromatic N) is 7. The van der Waals surface area contributed by atoms with Crippen LogP contribution in [0.25, 0.3) is 16.9 Å². The number of aromatic nitrogens is 4. The minimum Gasteiger partial charge on any atom is -0.349 e. The Bertz CT molecular complexity index is 1270. The van der Waals surface area contributed by atoms with Gasteiger partial charge in [-0.25, -0.2) is 15.0 Å². The molecule has 0 aromatic carbocycles. The van der Waals surface area contributed by atoms with Crippen molar-refractivity contribution in [1.29, 1.82) is 5.26 Å². The van der Waals surface area contributed by atoms with E-state index in [1.54, 1.807) is 24.7 Å². The Hall–Kier alpha value is -3.47. The van der Waals surface area contributed by atoms with Crippen molar-refractivity contribution in [2.24, 2.45) is 5.92 Å². The van der Waals surface area contributed by atoms with Crippen LogP contribution in [0, 0.1) is 17.2 Å². The first-order valence-corrected chi connectivity index (χ1v) is 12.2. The van der Waals surface area contributed by atoms with Crippen LogP contribution in [-0.4, -0.2) is 55.5 Å². The van der Waals surface area contributed by atoms with E-state index in [4.69, 9.17) is 4.98 Å². The molecule has 2 fully saturated rings. The molecule has 0 N–H and O–H groups in total. The first-order chi connectivity index (χ1) is 16.4. The molecular formula is C26H31N7O. The molecule has 1 aliphatic carbocycles. The molecule has 0 spiro atoms. The van der Waals surface area contributed by atoms with E-state index in [0.717, 1.165) is 36.2 Å². The van der Waals surface area contributed by atoms with Gasteiger partial charge in [0.25, 0.3) is 0 Å². The maximum atomic E-state index is 12.8. The quantitative estimate of drug-likeness (QED) is 0.574. The molecule has 0 unspecified atom stereocenters. The molecule has 1 saturated carbocycles. The zero-order chi connectivity index (χ0) is 24.0. The lowest BCUT2D eigenvalue weighted by Crippen LogP contribution is -2.58. The number of hydrogen-bond donors (Lipinski definition) is 0. The van der Waals surface area contributed by atoms with Gasteiger partial charge in [-0.1, -0.05) is 13.8 Å². The molecule has 176 valence electrons. The normalized spacial score (nSPS) is 20.7. The maximum absolute atomic E-state index is 12.8. The summed E-state index contributed by atoms with van der Waals surface area (Å²) in [6.45, 7) is 9.88. The second-order valence-electron chi connectivity index (χ2n) is 10.1. The van der Waals surface area contributed by atoms with Gasteiger partial charge in [0.15, 0.2) is 5.65 Å². The number of carbonyl (C=O) groups is 1. The average Bonchev–Trinajstić information content (AvgIpc) is 3.59. The van der Waals surface area contributed by atoms with Crippen molar-refractivity contribution < 1.29 is 4.79 Å². The van der Waals surface area contributed by atoms with Gasteiger partial charge in [0, 0.05) is 44.0 Å². The van der Waals surface area contributed by atoms with E-state index in [1.165, 1.54) is 5.56 Å². The number of rotatable bonds is 5. The Morgan fingerprint density at radius 1 is 1.18 bits per heavy atom. The van der Waals surface area contributed by atoms with Crippen LogP contribution in [0.15, 0.2) is 30.9 Å². The Labute approximate surface area is 200 Å². The van der Waals surface area contributed by atoms with Crippen molar-refractivity contribution in [3.63, 3.8) is 0 Å². The average molecular weight is 458 g/mol. The Morgan fingerprint density at radius 2 is 1.97 bits per heavy atom. The molecule has 5 rings (SSSR count). The third-order valence-electron chi connectivity index (χ3n) is 6.89. The van der Waals surface area contributed by atoms with E-state index in [1.807, 2.05) is 9.47 Å². The lowest BCUT2D eigenvalue weighted by atomic mass is 10.0. The molecule has 8 heteroatoms. The van der Waals surface area contributed by atoms with Crippen molar-refractivity contribution in [2.45, 2.75) is 65.0 Å². The third kappa shape index (κ3) is 4.00. The summed E-state index contributed by atoms with van der Waals surface area (Å²) >= 11 is 0. The van der Waals surface area contributed by atoms with Crippen molar-refractivity contribution in [2.75, 3.05) is 18.0 Å². The summed E-state index contributed by atoms with van der Waals surface area (Å²) in [7, 11) is 0. The fourth-order valence-electron chi connectivity index (χ4n) is 5.02. The van der Waals surface area contributed by atoms with Crippen molar-refractivity contribution in [3.8, 4) is 11.9 Å². The van der Waals surface area contributed by atoms with Crippen LogP contribution in [0.1, 0.15) is 64.0 Å². The number of amides is 1. The molecular weight excluding hydrogens is 426 g/mol. The van der Waals surface area contributed by atoms with Crippen molar-refractivity contribution >= 4 is 22.8 Å². The van der Waals surface area contributed by atoms with E-state index < -0.39 is 0 Å². The topological polar surface area (TPSA) is 90.9 Å². The summed E-state index contributed by atoms with van der Waals surface area (Å²) in [5, 5.41) is 10.4. The summed E-state index contributed by atoms with van der Waals surface area (Å²) in [4.78, 5) is 31.1. The van der Waals surface area contributed by atoms with Gasteiger partial charge in [-0.05, 0) is 56.2 Å². The van der Waals surface area contributed by atoms with Crippen LogP contribution >= 0.6 is 0 Å². The SMILES string of the molecule is CC(C)CC(=O)N1C[C@H](C)N(c2ncnc3c2c(C2CC2)cn3-c2cc(C#N)ccn2)C[C@H]1C. The molecule has 1 amide bonds. The summed E-state index contributed by atoms with van der Waals surface area (Å²) in [6.07, 6.45) is 8.30. The lowest BCUT2D eigenvalue weighted by Gasteiger charge is -2.45. The highest BCUT2D eigenvalue weighted by Crippen LogP contribution is 2.46. The van der Waals surface area contributed by atoms with Crippen LogP contribution in [0.3, 0.4) is 0 Å². The molecule has 2 aliphatic rings. The highest BCUT2D eigenvalue weighted by Gasteiger charge is 2.36. The molecule has 4 heterocycles. The number of fused-ring (bicyclic) bond motifs is 1. The van der Waals surface area contributed by atoms with Gasteiger partial charge < -0.3 is 9.80 Å². The molecule has 0 radical (unpaired) electrons. The zero-order valence-electron chi connectivity index (χ0n) is 20.3. The van der Waals surface area contributed by atoms with Crippen molar-refractivity contribution in [1.82, 2.24) is 24.4 Å². The van der Waals surface area contributed by atoms with Gasteiger partial charge in [-0.2, -0.15) is 5.26 Å². The maximum Gasteiger partial charge on any atom is 0.223 e. The molecule has 34 heavy (non-hydrogen) atoms. The predicted octanol–water partition coefficient (Wildman–Crippen LogP) is 4.04. The highest BCUT2D eigenvalue weighted by molar-refractivity contribution is 5.93. The van der Waals surface area contributed by atoms with Gasteiger partial charge in [-0.15, -0.1) is 0 Å². The summed E-state index contributed by atoms with van der Waals surface area (Å²) in [5.74, 6) is 2.69. The van der Waals surface area contributed by atoms with E-state index >= 15 is 0 Å². The number of piperazine rings is 1. The Morgan fingerprint density at radius 3 is 2.68 bits per heavy atom. The molecule has 8 nitrogen and oxygen atoms in total.